The molecule has 0 saturated heterocycles. The van der Waals surface area contributed by atoms with E-state index in [0.717, 1.165) is 13.0 Å². The Balaban J connectivity index is -0.00000128. The van der Waals surface area contributed by atoms with Gasteiger partial charge in [-0.05, 0) is 0 Å². The van der Waals surface area contributed by atoms with Crippen molar-refractivity contribution < 1.29 is 59.1 Å². The quantitative estimate of drug-likeness (QED) is 0.419. The fourth-order valence-corrected chi connectivity index (χ4v) is 7.08. The zero-order valence-corrected chi connectivity index (χ0v) is 19.7. The zero-order chi connectivity index (χ0) is 13.6. The topological polar surface area (TPSA) is 0 Å². The van der Waals surface area contributed by atoms with E-state index in [0.29, 0.717) is 18.5 Å². The van der Waals surface area contributed by atoms with Crippen molar-refractivity contribution in [1.82, 2.24) is 0 Å². The summed E-state index contributed by atoms with van der Waals surface area (Å²) < 4.78 is 0. The standard InChI is InChI=1S/C4H20B12S.2Na/c1-4(2)3-17(12-14(6)7,13-15(8)9)16(10)11-5;;/h4,11H,3,6-10H2,1-2H3;;/q-1;2*+1/i5-1,6-1,7-1,8-1,9-1,10-1,11-1,12-1,13-1,14-1,15-1,16-1;;. The fraction of sp³-hybridized carbons (Fsp3) is 1.00. The van der Waals surface area contributed by atoms with Crippen LogP contribution in [0.15, 0.2) is 0 Å². The summed E-state index contributed by atoms with van der Waals surface area (Å²) in [6, 6.07) is 5.20. The van der Waals surface area contributed by atoms with Crippen LogP contribution < -0.4 is 59.1 Å². The van der Waals surface area contributed by atoms with Crippen molar-refractivity contribution in [1.29, 1.82) is 0 Å². The molecule has 0 amide bonds. The van der Waals surface area contributed by atoms with Crippen LogP contribution in [0.3, 0.4) is 0 Å². The first kappa shape index (κ1) is 27.0. The molecule has 0 aromatic rings. The molecule has 0 aromatic carbocycles. The first-order valence-electron chi connectivity index (χ1n) is 6.93. The van der Waals surface area contributed by atoms with Crippen molar-refractivity contribution in [3.05, 3.63) is 0 Å². The van der Waals surface area contributed by atoms with Gasteiger partial charge >= 0.3 is 177 Å². The molecule has 0 heterocycles. The van der Waals surface area contributed by atoms with E-state index < -0.39 is 8.73 Å². The normalized spacial score (nSPS) is 9.26. The fourth-order valence-electron chi connectivity index (χ4n) is 2.36. The van der Waals surface area contributed by atoms with Gasteiger partial charge in [0, 0.05) is 0 Å². The minimum absolute atomic E-state index is 0. The van der Waals surface area contributed by atoms with Gasteiger partial charge in [-0.3, -0.25) is 0 Å². The van der Waals surface area contributed by atoms with Gasteiger partial charge in [0.1, 0.15) is 0 Å². The minimum Gasteiger partial charge on any atom is 1.00 e. The molecule has 15 heteroatoms. The van der Waals surface area contributed by atoms with E-state index in [4.69, 9.17) is 7.74 Å². The molecular formula is C4H20B12Na2S+. The van der Waals surface area contributed by atoms with Crippen LogP contribution in [-0.4, -0.2) is 89.9 Å². The second kappa shape index (κ2) is 13.6. The van der Waals surface area contributed by atoms with Crippen LogP contribution in [0.5, 0.6) is 0 Å². The maximum atomic E-state index is 5.97. The molecule has 0 nitrogen and oxygen atoms in total. The predicted octanol–water partition coefficient (Wildman–Crippen LogP) is -11.7. The molecule has 0 aromatic heterocycles. The van der Waals surface area contributed by atoms with Gasteiger partial charge in [-0.1, -0.05) is 0 Å². The summed E-state index contributed by atoms with van der Waals surface area (Å²) in [5, 5.41) is 0. The van der Waals surface area contributed by atoms with E-state index in [1.54, 1.807) is 0 Å². The van der Waals surface area contributed by atoms with E-state index in [1.807, 2.05) is 0 Å². The number of hydrogen-bond acceptors (Lipinski definition) is 0. The Kier molecular flexibility index (Phi) is 19.3. The summed E-state index contributed by atoms with van der Waals surface area (Å²) in [7, 11) is 17.5. The van der Waals surface area contributed by atoms with Gasteiger partial charge in [-0.2, -0.15) is 0 Å². The van der Waals surface area contributed by atoms with Crippen LogP contribution in [0.1, 0.15) is 13.8 Å². The van der Waals surface area contributed by atoms with Crippen LogP contribution in [0.4, 0.5) is 0 Å². The van der Waals surface area contributed by atoms with Crippen LogP contribution in [0.25, 0.3) is 0 Å². The molecule has 0 aliphatic rings. The van der Waals surface area contributed by atoms with Crippen molar-refractivity contribution >= 4 is 92.9 Å². The second-order valence-electron chi connectivity index (χ2n) is 6.28. The third-order valence-corrected chi connectivity index (χ3v) is 7.79. The van der Waals surface area contributed by atoms with Crippen LogP contribution in [0.2, 0.25) is 0 Å². The molecule has 0 spiro atoms. The maximum absolute atomic E-state index is 5.97. The Morgan fingerprint density at radius 1 is 1.05 bits per heavy atom. The Labute approximate surface area is 175 Å². The van der Waals surface area contributed by atoms with Crippen molar-refractivity contribution in [2.75, 3.05) is 5.75 Å². The average Bonchev–Trinajstić information content (AvgIpc) is 2.12. The summed E-state index contributed by atoms with van der Waals surface area (Å²) in [5.41, 5.74) is 0. The average molecular weight is 266 g/mol. The van der Waals surface area contributed by atoms with Crippen LogP contribution in [0, 0.1) is 5.92 Å². The van der Waals surface area contributed by atoms with E-state index in [1.165, 1.54) is 5.75 Å². The molecule has 0 aliphatic carbocycles. The van der Waals surface area contributed by atoms with E-state index in [9.17, 15) is 0 Å². The molecular weight excluding hydrogens is 246 g/mol. The maximum Gasteiger partial charge on any atom is 1.00 e. The molecule has 0 N–H and O–H groups in total. The van der Waals surface area contributed by atoms with E-state index in [2.05, 4.69) is 64.6 Å². The summed E-state index contributed by atoms with van der Waals surface area (Å²) in [4.78, 5) is 0. The summed E-state index contributed by atoms with van der Waals surface area (Å²) >= 11 is 0. The van der Waals surface area contributed by atoms with Gasteiger partial charge in [0.15, 0.2) is 0 Å². The summed E-state index contributed by atoms with van der Waals surface area (Å²) in [6.45, 7) is 4.65. The van der Waals surface area contributed by atoms with Crippen molar-refractivity contribution in [2.24, 2.45) is 5.92 Å². The Morgan fingerprint density at radius 2 is 1.42 bits per heavy atom. The van der Waals surface area contributed by atoms with Gasteiger partial charge in [-0.15, -0.1) is 0 Å². The van der Waals surface area contributed by atoms with Gasteiger partial charge in [-0.25, -0.2) is 0 Å². The number of hydrogen-bond donors (Lipinski definition) is 0. The van der Waals surface area contributed by atoms with Gasteiger partial charge in [0.25, 0.3) is 0 Å². The largest absolute Gasteiger partial charge is 1.00 e. The summed E-state index contributed by atoms with van der Waals surface area (Å²) in [6.07, 6.45) is 1.29. The van der Waals surface area contributed by atoms with Crippen molar-refractivity contribution in [2.45, 2.75) is 13.8 Å². The molecule has 0 atom stereocenters. The van der Waals surface area contributed by atoms with Crippen molar-refractivity contribution in [3.8, 4) is 0 Å². The molecule has 19 heavy (non-hydrogen) atoms. The molecule has 0 bridgehead atoms. The second-order valence-corrected chi connectivity index (χ2v) is 9.77. The Bertz CT molecular complexity index is 315. The van der Waals surface area contributed by atoms with Gasteiger partial charge in [0.05, 0.1) is 0 Å². The third kappa shape index (κ3) is 11.3. The predicted molar refractivity (Wildman–Crippen MR) is 112 cm³/mol. The molecule has 0 fully saturated rings. The number of rotatable bonds is 6. The van der Waals surface area contributed by atoms with Crippen molar-refractivity contribution in [3.63, 3.8) is 0 Å². The molecule has 3 radical (unpaired) electrons. The van der Waals surface area contributed by atoms with Crippen LogP contribution in [-0.2, 0) is 0 Å². The van der Waals surface area contributed by atoms with Gasteiger partial charge in [0.2, 0.25) is 0 Å². The monoisotopic (exact) mass is 266 g/mol. The SMILES string of the molecule is [10B-][10BH][10B]([10BH2])S(=[10B][10B]([10BH2])[10BH2])(=[10B][10B]([10BH2])[10BH2])CC(C)C.[Na+].[Na+]. The first-order valence-corrected chi connectivity index (χ1v) is 8.92. The summed E-state index contributed by atoms with van der Waals surface area (Å²) in [5.74, 6) is 2.64. The molecule has 79 valence electrons. The molecule has 0 aliphatic heterocycles. The third-order valence-electron chi connectivity index (χ3n) is 2.75. The van der Waals surface area contributed by atoms with E-state index >= 15 is 0 Å². The zero-order valence-electron chi connectivity index (χ0n) is 14.9. The Morgan fingerprint density at radius 3 is 1.63 bits per heavy atom. The van der Waals surface area contributed by atoms with Crippen LogP contribution >= 0.6 is 8.73 Å². The molecule has 0 rings (SSSR count). The molecule has 0 saturated carbocycles. The Hall–Kier alpha value is 3.13. The van der Waals surface area contributed by atoms with Gasteiger partial charge < -0.3 is 0 Å². The smallest absolute Gasteiger partial charge is 1.00 e. The first-order chi connectivity index (χ1) is 7.73. The molecule has 0 unspecified atom stereocenters. The van der Waals surface area contributed by atoms with E-state index in [-0.39, 0.29) is 59.1 Å². The minimum atomic E-state index is -0.798.